The Morgan fingerprint density at radius 2 is 1.70 bits per heavy atom. The molecule has 0 bridgehead atoms. The van der Waals surface area contributed by atoms with Gasteiger partial charge in [-0.25, -0.2) is 0 Å². The van der Waals surface area contributed by atoms with Gasteiger partial charge in [-0.3, -0.25) is 4.79 Å². The fraction of sp³-hybridized carbons (Fsp3) is 0.350. The van der Waals surface area contributed by atoms with Gasteiger partial charge in [0.2, 0.25) is 5.91 Å². The second-order valence-corrected chi connectivity index (χ2v) is 5.77. The highest BCUT2D eigenvalue weighted by molar-refractivity contribution is 5.90. The summed E-state index contributed by atoms with van der Waals surface area (Å²) in [6, 6.07) is 10.0. The van der Waals surface area contributed by atoms with E-state index < -0.39 is 11.7 Å². The zero-order valence-corrected chi connectivity index (χ0v) is 15.2. The molecule has 0 aromatic heterocycles. The summed E-state index contributed by atoms with van der Waals surface area (Å²) in [6.07, 6.45) is -3.88. The van der Waals surface area contributed by atoms with Gasteiger partial charge in [-0.15, -0.1) is 0 Å². The van der Waals surface area contributed by atoms with Crippen molar-refractivity contribution in [3.05, 3.63) is 53.6 Å². The summed E-state index contributed by atoms with van der Waals surface area (Å²) in [7, 11) is 0. The molecule has 0 unspecified atom stereocenters. The summed E-state index contributed by atoms with van der Waals surface area (Å²) in [4.78, 5) is 12.1. The maximum Gasteiger partial charge on any atom is 0.416 e. The van der Waals surface area contributed by atoms with Gasteiger partial charge in [0.15, 0.2) is 11.5 Å². The summed E-state index contributed by atoms with van der Waals surface area (Å²) in [5.41, 5.74) is 0.200. The zero-order chi connectivity index (χ0) is 19.9. The van der Waals surface area contributed by atoms with Gasteiger partial charge in [-0.2, -0.15) is 13.2 Å². The molecule has 0 aliphatic heterocycles. The van der Waals surface area contributed by atoms with Crippen LogP contribution >= 0.6 is 0 Å². The highest BCUT2D eigenvalue weighted by atomic mass is 19.4. The van der Waals surface area contributed by atoms with Crippen LogP contribution in [0, 0.1) is 0 Å². The number of ether oxygens (including phenoxy) is 2. The lowest BCUT2D eigenvalue weighted by Gasteiger charge is -2.13. The molecule has 2 aromatic rings. The SMILES string of the molecule is CCOc1ccc(CCC(=O)Nc2cccc(C(F)(F)F)c2)cc1OCC. The predicted molar refractivity (Wildman–Crippen MR) is 97.2 cm³/mol. The molecule has 4 nitrogen and oxygen atoms in total. The number of rotatable bonds is 8. The maximum atomic E-state index is 12.7. The number of carbonyl (C=O) groups is 1. The van der Waals surface area contributed by atoms with Crippen molar-refractivity contribution in [1.82, 2.24) is 0 Å². The lowest BCUT2D eigenvalue weighted by Crippen LogP contribution is -2.13. The Morgan fingerprint density at radius 1 is 1.00 bits per heavy atom. The summed E-state index contributed by atoms with van der Waals surface area (Å²) < 4.78 is 49.2. The lowest BCUT2D eigenvalue weighted by atomic mass is 10.1. The number of anilines is 1. The number of aryl methyl sites for hydroxylation is 1. The van der Waals surface area contributed by atoms with Gasteiger partial charge in [0.05, 0.1) is 18.8 Å². The molecule has 0 radical (unpaired) electrons. The van der Waals surface area contributed by atoms with E-state index in [9.17, 15) is 18.0 Å². The topological polar surface area (TPSA) is 47.6 Å². The Bertz CT molecular complexity index is 775. The third-order valence-electron chi connectivity index (χ3n) is 3.72. The van der Waals surface area contributed by atoms with Crippen LogP contribution in [-0.2, 0) is 17.4 Å². The number of hydrogen-bond acceptors (Lipinski definition) is 3. The fourth-order valence-electron chi connectivity index (χ4n) is 2.51. The third-order valence-corrected chi connectivity index (χ3v) is 3.72. The van der Waals surface area contributed by atoms with Crippen LogP contribution in [0.3, 0.4) is 0 Å². The number of halogens is 3. The number of carbonyl (C=O) groups excluding carboxylic acids is 1. The first-order valence-electron chi connectivity index (χ1n) is 8.69. The van der Waals surface area contributed by atoms with Crippen LogP contribution in [0.5, 0.6) is 11.5 Å². The molecule has 7 heteroatoms. The van der Waals surface area contributed by atoms with Gasteiger partial charge in [0, 0.05) is 12.1 Å². The van der Waals surface area contributed by atoms with Crippen LogP contribution in [0.15, 0.2) is 42.5 Å². The molecule has 27 heavy (non-hydrogen) atoms. The monoisotopic (exact) mass is 381 g/mol. The van der Waals surface area contributed by atoms with E-state index in [0.717, 1.165) is 17.7 Å². The normalized spacial score (nSPS) is 11.1. The van der Waals surface area contributed by atoms with E-state index >= 15 is 0 Å². The Labute approximate surface area is 156 Å². The van der Waals surface area contributed by atoms with Gasteiger partial charge in [-0.1, -0.05) is 12.1 Å². The minimum atomic E-state index is -4.45. The summed E-state index contributed by atoms with van der Waals surface area (Å²) in [5, 5.41) is 2.50. The fourth-order valence-corrected chi connectivity index (χ4v) is 2.51. The number of alkyl halides is 3. The Kier molecular flexibility index (Phi) is 7.10. The van der Waals surface area contributed by atoms with Gasteiger partial charge < -0.3 is 14.8 Å². The van der Waals surface area contributed by atoms with E-state index in [2.05, 4.69) is 5.32 Å². The molecule has 0 spiro atoms. The van der Waals surface area contributed by atoms with Gasteiger partial charge >= 0.3 is 6.18 Å². The van der Waals surface area contributed by atoms with Gasteiger partial charge in [0.25, 0.3) is 0 Å². The minimum absolute atomic E-state index is 0.122. The number of nitrogens with one attached hydrogen (secondary N) is 1. The highest BCUT2D eigenvalue weighted by Crippen LogP contribution is 2.31. The van der Waals surface area contributed by atoms with Crippen LogP contribution < -0.4 is 14.8 Å². The first-order valence-corrected chi connectivity index (χ1v) is 8.69. The quantitative estimate of drug-likeness (QED) is 0.694. The van der Waals surface area contributed by atoms with E-state index in [1.165, 1.54) is 12.1 Å². The van der Waals surface area contributed by atoms with Crippen molar-refractivity contribution in [1.29, 1.82) is 0 Å². The Morgan fingerprint density at radius 3 is 2.37 bits per heavy atom. The predicted octanol–water partition coefficient (Wildman–Crippen LogP) is 5.07. The van der Waals surface area contributed by atoms with Crippen molar-refractivity contribution in [2.45, 2.75) is 32.9 Å². The van der Waals surface area contributed by atoms with Gasteiger partial charge in [0.1, 0.15) is 0 Å². The smallest absolute Gasteiger partial charge is 0.416 e. The van der Waals surface area contributed by atoms with Crippen molar-refractivity contribution < 1.29 is 27.4 Å². The molecule has 0 aliphatic carbocycles. The van der Waals surface area contributed by atoms with Crippen molar-refractivity contribution in [2.75, 3.05) is 18.5 Å². The molecule has 0 saturated heterocycles. The molecule has 2 rings (SSSR count). The second kappa shape index (κ2) is 9.30. The molecule has 0 saturated carbocycles. The molecular weight excluding hydrogens is 359 g/mol. The largest absolute Gasteiger partial charge is 0.490 e. The maximum absolute atomic E-state index is 12.7. The van der Waals surface area contributed by atoms with Crippen LogP contribution in [-0.4, -0.2) is 19.1 Å². The molecule has 1 amide bonds. The van der Waals surface area contributed by atoms with E-state index in [-0.39, 0.29) is 18.0 Å². The minimum Gasteiger partial charge on any atom is -0.490 e. The van der Waals surface area contributed by atoms with Crippen LogP contribution in [0.2, 0.25) is 0 Å². The van der Waals surface area contributed by atoms with E-state index in [4.69, 9.17) is 9.47 Å². The first kappa shape index (κ1) is 20.6. The molecule has 2 aromatic carbocycles. The van der Waals surface area contributed by atoms with Crippen LogP contribution in [0.25, 0.3) is 0 Å². The second-order valence-electron chi connectivity index (χ2n) is 5.77. The molecule has 1 N–H and O–H groups in total. The summed E-state index contributed by atoms with van der Waals surface area (Å²) >= 11 is 0. The number of amides is 1. The molecule has 0 heterocycles. The zero-order valence-electron chi connectivity index (χ0n) is 15.2. The van der Waals surface area contributed by atoms with Gasteiger partial charge in [-0.05, 0) is 56.2 Å². The van der Waals surface area contributed by atoms with E-state index in [1.54, 1.807) is 6.07 Å². The standard InChI is InChI=1S/C20H22F3NO3/c1-3-26-17-10-8-14(12-18(17)27-4-2)9-11-19(25)24-16-7-5-6-15(13-16)20(21,22)23/h5-8,10,12-13H,3-4,9,11H2,1-2H3,(H,24,25). The first-order chi connectivity index (χ1) is 12.8. The molecule has 0 aliphatic rings. The Hall–Kier alpha value is -2.70. The van der Waals surface area contributed by atoms with E-state index in [1.807, 2.05) is 26.0 Å². The summed E-state index contributed by atoms with van der Waals surface area (Å²) in [5.74, 6) is 0.882. The Balaban J connectivity index is 1.98. The average molecular weight is 381 g/mol. The molecule has 0 atom stereocenters. The van der Waals surface area contributed by atoms with Crippen LogP contribution in [0.4, 0.5) is 18.9 Å². The van der Waals surface area contributed by atoms with Crippen molar-refractivity contribution in [3.8, 4) is 11.5 Å². The van der Waals surface area contributed by atoms with E-state index in [0.29, 0.717) is 31.1 Å². The lowest BCUT2D eigenvalue weighted by molar-refractivity contribution is -0.137. The highest BCUT2D eigenvalue weighted by Gasteiger charge is 2.30. The van der Waals surface area contributed by atoms with Crippen molar-refractivity contribution in [2.24, 2.45) is 0 Å². The average Bonchev–Trinajstić information content (AvgIpc) is 2.62. The molecule has 146 valence electrons. The third kappa shape index (κ3) is 6.20. The van der Waals surface area contributed by atoms with Crippen LogP contribution in [0.1, 0.15) is 31.4 Å². The number of hydrogen-bond donors (Lipinski definition) is 1. The van der Waals surface area contributed by atoms with Crippen molar-refractivity contribution in [3.63, 3.8) is 0 Å². The molecular formula is C20H22F3NO3. The molecule has 0 fully saturated rings. The van der Waals surface area contributed by atoms with Crippen molar-refractivity contribution >= 4 is 11.6 Å². The summed E-state index contributed by atoms with van der Waals surface area (Å²) in [6.45, 7) is 4.74. The number of benzene rings is 2.